The van der Waals surface area contributed by atoms with E-state index < -0.39 is 0 Å². The van der Waals surface area contributed by atoms with Crippen LogP contribution in [-0.2, 0) is 4.74 Å². The van der Waals surface area contributed by atoms with E-state index in [1.54, 1.807) is 0 Å². The lowest BCUT2D eigenvalue weighted by molar-refractivity contribution is -0.0829. The maximum absolute atomic E-state index is 6.18. The summed E-state index contributed by atoms with van der Waals surface area (Å²) in [6.07, 6.45) is 8.46. The predicted molar refractivity (Wildman–Crippen MR) is 53.8 cm³/mol. The molecule has 1 unspecified atom stereocenters. The Morgan fingerprint density at radius 2 is 2.00 bits per heavy atom. The molecule has 1 heterocycles. The lowest BCUT2D eigenvalue weighted by Gasteiger charge is -2.32. The van der Waals surface area contributed by atoms with Gasteiger partial charge in [-0.15, -0.1) is 0 Å². The van der Waals surface area contributed by atoms with Crippen LogP contribution >= 0.6 is 0 Å². The van der Waals surface area contributed by atoms with E-state index in [0.717, 1.165) is 13.1 Å². The largest absolute Gasteiger partial charge is 0.371 e. The summed E-state index contributed by atoms with van der Waals surface area (Å²) in [5.74, 6) is 0. The highest BCUT2D eigenvalue weighted by molar-refractivity contribution is 4.86. The van der Waals surface area contributed by atoms with E-state index in [0.29, 0.717) is 6.10 Å². The van der Waals surface area contributed by atoms with Crippen LogP contribution in [0.1, 0.15) is 45.4 Å². The van der Waals surface area contributed by atoms with Crippen LogP contribution in [0.2, 0.25) is 0 Å². The lowest BCUT2D eigenvalue weighted by Crippen LogP contribution is -2.36. The Hall–Kier alpha value is -0.0800. The van der Waals surface area contributed by atoms with Gasteiger partial charge in [-0.2, -0.15) is 0 Å². The Bertz CT molecular complexity index is 157. The second-order valence-electron chi connectivity index (χ2n) is 4.75. The minimum absolute atomic E-state index is 0.141. The second kappa shape index (κ2) is 3.97. The number of hydrogen-bond acceptors (Lipinski definition) is 2. The van der Waals surface area contributed by atoms with E-state index in [1.807, 2.05) is 0 Å². The summed E-state index contributed by atoms with van der Waals surface area (Å²) in [6.45, 7) is 4.42. The molecule has 0 spiro atoms. The van der Waals surface area contributed by atoms with Gasteiger partial charge in [-0.3, -0.25) is 0 Å². The molecule has 1 saturated carbocycles. The van der Waals surface area contributed by atoms with Gasteiger partial charge < -0.3 is 10.1 Å². The Labute approximate surface area is 81.0 Å². The third-order valence-electron chi connectivity index (χ3n) is 3.33. The smallest absolute Gasteiger partial charge is 0.0794 e. The molecule has 2 heteroatoms. The van der Waals surface area contributed by atoms with E-state index in [2.05, 4.69) is 12.2 Å². The number of ether oxygens (including phenoxy) is 1. The summed E-state index contributed by atoms with van der Waals surface area (Å²) in [5, 5.41) is 3.38. The molecule has 1 atom stereocenters. The maximum Gasteiger partial charge on any atom is 0.0794 e. The van der Waals surface area contributed by atoms with E-state index >= 15 is 0 Å². The van der Waals surface area contributed by atoms with Gasteiger partial charge in [-0.1, -0.05) is 19.3 Å². The molecule has 2 fully saturated rings. The molecular weight excluding hydrogens is 162 g/mol. The van der Waals surface area contributed by atoms with Crippen molar-refractivity contribution < 1.29 is 4.74 Å². The Morgan fingerprint density at radius 3 is 2.62 bits per heavy atom. The summed E-state index contributed by atoms with van der Waals surface area (Å²) < 4.78 is 6.18. The third-order valence-corrected chi connectivity index (χ3v) is 3.33. The monoisotopic (exact) mass is 183 g/mol. The van der Waals surface area contributed by atoms with Crippen LogP contribution in [0.5, 0.6) is 0 Å². The fraction of sp³-hybridized carbons (Fsp3) is 1.00. The topological polar surface area (TPSA) is 21.3 Å². The van der Waals surface area contributed by atoms with Crippen molar-refractivity contribution in [2.75, 3.05) is 13.1 Å². The number of rotatable bonds is 2. The van der Waals surface area contributed by atoms with Gasteiger partial charge in [0.15, 0.2) is 0 Å². The Kier molecular flexibility index (Phi) is 2.89. The first-order valence-corrected chi connectivity index (χ1v) is 5.67. The van der Waals surface area contributed by atoms with E-state index in [4.69, 9.17) is 4.74 Å². The van der Waals surface area contributed by atoms with Crippen molar-refractivity contribution in [1.82, 2.24) is 5.32 Å². The summed E-state index contributed by atoms with van der Waals surface area (Å²) in [5.41, 5.74) is 0.141. The maximum atomic E-state index is 6.18. The van der Waals surface area contributed by atoms with Gasteiger partial charge in [0.05, 0.1) is 11.7 Å². The van der Waals surface area contributed by atoms with Crippen molar-refractivity contribution in [2.45, 2.75) is 57.2 Å². The first kappa shape index (κ1) is 9.47. The standard InChI is InChI=1S/C11H21NO/c1-11(7-8-12-9-11)13-10-5-3-2-4-6-10/h10,12H,2-9H2,1H3. The highest BCUT2D eigenvalue weighted by atomic mass is 16.5. The highest BCUT2D eigenvalue weighted by Crippen LogP contribution is 2.28. The van der Waals surface area contributed by atoms with Gasteiger partial charge in [0.1, 0.15) is 0 Å². The van der Waals surface area contributed by atoms with Gasteiger partial charge in [0.2, 0.25) is 0 Å². The zero-order valence-corrected chi connectivity index (χ0v) is 8.64. The normalized spacial score (nSPS) is 36.7. The van der Waals surface area contributed by atoms with Gasteiger partial charge in [0.25, 0.3) is 0 Å². The Morgan fingerprint density at radius 1 is 1.23 bits per heavy atom. The van der Waals surface area contributed by atoms with Crippen LogP contribution in [0.15, 0.2) is 0 Å². The van der Waals surface area contributed by atoms with Crippen LogP contribution in [-0.4, -0.2) is 24.8 Å². The van der Waals surface area contributed by atoms with Crippen molar-refractivity contribution in [3.05, 3.63) is 0 Å². The molecule has 0 radical (unpaired) electrons. The first-order chi connectivity index (χ1) is 6.29. The minimum Gasteiger partial charge on any atom is -0.371 e. The molecule has 0 aromatic heterocycles. The molecule has 0 aromatic rings. The third kappa shape index (κ3) is 2.44. The summed E-state index contributed by atoms with van der Waals surface area (Å²) >= 11 is 0. The predicted octanol–water partition coefficient (Wildman–Crippen LogP) is 2.09. The zero-order chi connectivity index (χ0) is 9.15. The van der Waals surface area contributed by atoms with Gasteiger partial charge in [-0.25, -0.2) is 0 Å². The molecule has 1 aliphatic carbocycles. The number of hydrogen-bond donors (Lipinski definition) is 1. The fourth-order valence-electron chi connectivity index (χ4n) is 2.48. The minimum atomic E-state index is 0.141. The molecule has 0 bridgehead atoms. The van der Waals surface area contributed by atoms with Gasteiger partial charge in [-0.05, 0) is 32.7 Å². The van der Waals surface area contributed by atoms with E-state index in [9.17, 15) is 0 Å². The average molecular weight is 183 g/mol. The van der Waals surface area contributed by atoms with Crippen LogP contribution in [0.3, 0.4) is 0 Å². The lowest BCUT2D eigenvalue weighted by atomic mass is 9.96. The van der Waals surface area contributed by atoms with Crippen molar-refractivity contribution in [3.8, 4) is 0 Å². The molecule has 1 saturated heterocycles. The number of nitrogens with one attached hydrogen (secondary N) is 1. The molecule has 2 nitrogen and oxygen atoms in total. The van der Waals surface area contributed by atoms with E-state index in [1.165, 1.54) is 38.5 Å². The molecule has 1 aliphatic heterocycles. The molecule has 0 aromatic carbocycles. The second-order valence-corrected chi connectivity index (χ2v) is 4.75. The first-order valence-electron chi connectivity index (χ1n) is 5.67. The fourth-order valence-corrected chi connectivity index (χ4v) is 2.48. The van der Waals surface area contributed by atoms with Crippen LogP contribution in [0.25, 0.3) is 0 Å². The van der Waals surface area contributed by atoms with Gasteiger partial charge >= 0.3 is 0 Å². The van der Waals surface area contributed by atoms with Crippen LogP contribution < -0.4 is 5.32 Å². The van der Waals surface area contributed by atoms with Crippen LogP contribution in [0.4, 0.5) is 0 Å². The van der Waals surface area contributed by atoms with Crippen molar-refractivity contribution >= 4 is 0 Å². The van der Waals surface area contributed by atoms with Gasteiger partial charge in [0, 0.05) is 6.54 Å². The molecule has 1 N–H and O–H groups in total. The quantitative estimate of drug-likeness (QED) is 0.707. The molecule has 2 aliphatic rings. The van der Waals surface area contributed by atoms with Crippen LogP contribution in [0, 0.1) is 0 Å². The summed E-state index contributed by atoms with van der Waals surface area (Å²) in [7, 11) is 0. The van der Waals surface area contributed by atoms with Crippen molar-refractivity contribution in [3.63, 3.8) is 0 Å². The molecule has 76 valence electrons. The van der Waals surface area contributed by atoms with E-state index in [-0.39, 0.29) is 5.60 Å². The molecule has 0 amide bonds. The SMILES string of the molecule is CC1(OC2CCCCC2)CCNC1. The Balaban J connectivity index is 1.81. The summed E-state index contributed by atoms with van der Waals surface area (Å²) in [4.78, 5) is 0. The van der Waals surface area contributed by atoms with Crippen molar-refractivity contribution in [2.24, 2.45) is 0 Å². The molecule has 2 rings (SSSR count). The zero-order valence-electron chi connectivity index (χ0n) is 8.64. The highest BCUT2D eigenvalue weighted by Gasteiger charge is 2.32. The van der Waals surface area contributed by atoms with Crippen molar-refractivity contribution in [1.29, 1.82) is 0 Å². The average Bonchev–Trinajstić information content (AvgIpc) is 2.54. The molecular formula is C11H21NO. The molecule has 13 heavy (non-hydrogen) atoms. The summed E-state index contributed by atoms with van der Waals surface area (Å²) in [6, 6.07) is 0.